The van der Waals surface area contributed by atoms with Crippen molar-refractivity contribution in [2.75, 3.05) is 0 Å². The van der Waals surface area contributed by atoms with Crippen molar-refractivity contribution in [2.45, 2.75) is 71.0 Å². The lowest BCUT2D eigenvalue weighted by atomic mass is 9.97. The van der Waals surface area contributed by atoms with Gasteiger partial charge in [0, 0.05) is 0 Å². The molecule has 0 bridgehead atoms. The fourth-order valence-corrected chi connectivity index (χ4v) is 2.41. The summed E-state index contributed by atoms with van der Waals surface area (Å²) in [6, 6.07) is -2.20. The Kier molecular flexibility index (Phi) is 7.35. The van der Waals surface area contributed by atoms with Crippen molar-refractivity contribution >= 4 is 17.0 Å². The van der Waals surface area contributed by atoms with Crippen molar-refractivity contribution in [1.29, 1.82) is 0 Å². The molecule has 0 aromatic heterocycles. The monoisotopic (exact) mass is 331 g/mol. The quantitative estimate of drug-likeness (QED) is 0.761. The number of rotatable bonds is 6. The summed E-state index contributed by atoms with van der Waals surface area (Å²) in [7, 11) is -1.94. The molecule has 0 heterocycles. The van der Waals surface area contributed by atoms with Gasteiger partial charge in [-0.1, -0.05) is 6.92 Å². The summed E-state index contributed by atoms with van der Waals surface area (Å²) in [6.07, 6.45) is -5.27. The van der Waals surface area contributed by atoms with E-state index in [2.05, 4.69) is 0 Å². The van der Waals surface area contributed by atoms with Crippen molar-refractivity contribution in [1.82, 2.24) is 4.72 Å². The van der Waals surface area contributed by atoms with E-state index in [1.807, 2.05) is 4.72 Å². The van der Waals surface area contributed by atoms with E-state index in [1.165, 1.54) is 6.92 Å². The summed E-state index contributed by atoms with van der Waals surface area (Å²) < 4.78 is 57.6. The molecule has 8 heteroatoms. The fraction of sp³-hybridized carbons (Fsp3) is 0.923. The van der Waals surface area contributed by atoms with E-state index in [1.54, 1.807) is 34.6 Å². The summed E-state index contributed by atoms with van der Waals surface area (Å²) in [5.74, 6) is -2.37. The lowest BCUT2D eigenvalue weighted by Crippen LogP contribution is -2.53. The molecule has 4 nitrogen and oxygen atoms in total. The molecule has 0 saturated carbocycles. The number of alkyl halides is 3. The molecule has 0 rings (SSSR count). The van der Waals surface area contributed by atoms with Gasteiger partial charge in [-0.05, 0) is 41.0 Å². The molecule has 0 aliphatic carbocycles. The largest absolute Gasteiger partial charge is 0.463 e. The Bertz CT molecular complexity index is 378. The molecular weight excluding hydrogens is 307 g/mol. The van der Waals surface area contributed by atoms with E-state index < -0.39 is 45.9 Å². The second kappa shape index (κ2) is 7.58. The van der Waals surface area contributed by atoms with Gasteiger partial charge in [-0.25, -0.2) is 8.93 Å². The molecule has 0 amide bonds. The topological polar surface area (TPSA) is 55.4 Å². The highest BCUT2D eigenvalue weighted by Crippen LogP contribution is 2.30. The van der Waals surface area contributed by atoms with Crippen molar-refractivity contribution in [2.24, 2.45) is 5.92 Å². The molecule has 0 unspecified atom stereocenters. The molecular formula is C13H24F3NO3S. The predicted molar refractivity (Wildman–Crippen MR) is 75.9 cm³/mol. The van der Waals surface area contributed by atoms with Gasteiger partial charge in [-0.15, -0.1) is 0 Å². The van der Waals surface area contributed by atoms with Crippen LogP contribution in [0.15, 0.2) is 0 Å². The third-order valence-electron chi connectivity index (χ3n) is 2.64. The maximum atomic E-state index is 13.2. The predicted octanol–water partition coefficient (Wildman–Crippen LogP) is 2.95. The Morgan fingerprint density at radius 2 is 1.71 bits per heavy atom. The molecule has 0 fully saturated rings. The molecule has 0 aliphatic rings. The maximum absolute atomic E-state index is 13.2. The number of hydrogen-bond donors (Lipinski definition) is 1. The van der Waals surface area contributed by atoms with Gasteiger partial charge in [-0.3, -0.25) is 4.79 Å². The summed E-state index contributed by atoms with van der Waals surface area (Å²) in [5, 5.41) is 0. The third-order valence-corrected chi connectivity index (χ3v) is 4.22. The third kappa shape index (κ3) is 6.78. The highest BCUT2D eigenvalue weighted by atomic mass is 32.2. The van der Waals surface area contributed by atoms with E-state index in [4.69, 9.17) is 4.74 Å². The Hall–Kier alpha value is -0.630. The molecule has 0 saturated heterocycles. The Balaban J connectivity index is 5.30. The Morgan fingerprint density at radius 1 is 1.24 bits per heavy atom. The van der Waals surface area contributed by atoms with Crippen molar-refractivity contribution in [3.05, 3.63) is 0 Å². The lowest BCUT2D eigenvalue weighted by molar-refractivity contribution is -0.181. The van der Waals surface area contributed by atoms with Crippen LogP contribution in [0.4, 0.5) is 13.2 Å². The van der Waals surface area contributed by atoms with Crippen molar-refractivity contribution < 1.29 is 26.9 Å². The van der Waals surface area contributed by atoms with Gasteiger partial charge >= 0.3 is 12.1 Å². The molecule has 0 spiro atoms. The zero-order valence-electron chi connectivity index (χ0n) is 13.2. The number of ether oxygens (including phenoxy) is 1. The Morgan fingerprint density at radius 3 is 2.00 bits per heavy atom. The van der Waals surface area contributed by atoms with Gasteiger partial charge in [0.25, 0.3) is 0 Å². The van der Waals surface area contributed by atoms with Crippen LogP contribution >= 0.6 is 0 Å². The van der Waals surface area contributed by atoms with Crippen LogP contribution in [-0.4, -0.2) is 33.2 Å². The van der Waals surface area contributed by atoms with Crippen molar-refractivity contribution in [3.63, 3.8) is 0 Å². The number of carbonyl (C=O) groups excluding carboxylic acids is 1. The van der Waals surface area contributed by atoms with E-state index in [0.717, 1.165) is 0 Å². The highest BCUT2D eigenvalue weighted by molar-refractivity contribution is 7.84. The molecule has 0 aliphatic heterocycles. The number of esters is 1. The van der Waals surface area contributed by atoms with E-state index in [-0.39, 0.29) is 6.42 Å². The maximum Gasteiger partial charge on any atom is 0.405 e. The molecule has 0 radical (unpaired) electrons. The molecule has 3 atom stereocenters. The van der Waals surface area contributed by atoms with Gasteiger partial charge < -0.3 is 4.74 Å². The summed E-state index contributed by atoms with van der Waals surface area (Å²) in [4.78, 5) is 11.8. The van der Waals surface area contributed by atoms with Crippen molar-refractivity contribution in [3.8, 4) is 0 Å². The lowest BCUT2D eigenvalue weighted by Gasteiger charge is -2.30. The molecule has 0 aromatic rings. The Labute approximate surface area is 126 Å². The fourth-order valence-electron chi connectivity index (χ4n) is 1.53. The normalized spacial score (nSPS) is 17.4. The van der Waals surface area contributed by atoms with Crippen LogP contribution in [0.2, 0.25) is 0 Å². The number of carbonyl (C=O) groups is 1. The minimum Gasteiger partial charge on any atom is -0.463 e. The van der Waals surface area contributed by atoms with Gasteiger partial charge in [0.05, 0.1) is 27.8 Å². The first-order chi connectivity index (χ1) is 9.30. The van der Waals surface area contributed by atoms with Gasteiger partial charge in [0.15, 0.2) is 0 Å². The first-order valence-corrected chi connectivity index (χ1v) is 7.91. The first kappa shape index (κ1) is 20.4. The SMILES string of the molecule is CC[C@H](C(=O)OC(C)C)[C@H](N[S@@](=O)C(C)(C)C)C(F)(F)F. The van der Waals surface area contributed by atoms with Crippen LogP contribution in [-0.2, 0) is 20.5 Å². The van der Waals surface area contributed by atoms with Crippen LogP contribution in [0.3, 0.4) is 0 Å². The minimum absolute atomic E-state index is 0.0654. The average molecular weight is 331 g/mol. The molecule has 0 aromatic carbocycles. The highest BCUT2D eigenvalue weighted by Gasteiger charge is 2.49. The van der Waals surface area contributed by atoms with Gasteiger partial charge in [0.2, 0.25) is 0 Å². The van der Waals surface area contributed by atoms with Crippen LogP contribution < -0.4 is 4.72 Å². The molecule has 126 valence electrons. The van der Waals surface area contributed by atoms with Crippen LogP contribution in [0.5, 0.6) is 0 Å². The first-order valence-electron chi connectivity index (χ1n) is 6.76. The summed E-state index contributed by atoms with van der Waals surface area (Å²) >= 11 is 0. The van der Waals surface area contributed by atoms with Crippen LogP contribution in [0.1, 0.15) is 48.0 Å². The second-order valence-electron chi connectivity index (χ2n) is 6.02. The summed E-state index contributed by atoms with van der Waals surface area (Å²) in [6.45, 7) is 9.25. The van der Waals surface area contributed by atoms with E-state index >= 15 is 0 Å². The van der Waals surface area contributed by atoms with E-state index in [0.29, 0.717) is 0 Å². The average Bonchev–Trinajstić information content (AvgIpc) is 2.24. The number of nitrogens with one attached hydrogen (secondary N) is 1. The number of halogens is 3. The smallest absolute Gasteiger partial charge is 0.405 e. The zero-order chi connectivity index (χ0) is 17.0. The zero-order valence-corrected chi connectivity index (χ0v) is 14.0. The minimum atomic E-state index is -4.70. The van der Waals surface area contributed by atoms with E-state index in [9.17, 15) is 22.2 Å². The summed E-state index contributed by atoms with van der Waals surface area (Å²) in [5.41, 5.74) is 0. The molecule has 1 N–H and O–H groups in total. The van der Waals surface area contributed by atoms with Crippen LogP contribution in [0, 0.1) is 5.92 Å². The van der Waals surface area contributed by atoms with Gasteiger partial charge in [0.1, 0.15) is 6.04 Å². The molecule has 21 heavy (non-hydrogen) atoms. The van der Waals surface area contributed by atoms with Gasteiger partial charge in [-0.2, -0.15) is 13.2 Å². The van der Waals surface area contributed by atoms with Crippen LogP contribution in [0.25, 0.3) is 0 Å². The standard InChI is InChI=1S/C13H24F3NO3S/c1-7-9(11(18)20-8(2)3)10(13(14,15)16)17-21(19)12(4,5)6/h8-10,17H,7H2,1-6H3/t9-,10-,21-/m0/s1. The number of hydrogen-bond acceptors (Lipinski definition) is 3. The second-order valence-corrected chi connectivity index (χ2v) is 8.02.